The molecule has 1 aliphatic heterocycles. The van der Waals surface area contributed by atoms with Crippen molar-refractivity contribution in [3.8, 4) is 0 Å². The molecule has 0 aromatic rings. The normalized spacial score (nSPS) is 37.3. The van der Waals surface area contributed by atoms with Gasteiger partial charge >= 0.3 is 5.97 Å². The van der Waals surface area contributed by atoms with E-state index in [0.717, 1.165) is 0 Å². The van der Waals surface area contributed by atoms with Gasteiger partial charge in [-0.1, -0.05) is 24.3 Å². The summed E-state index contributed by atoms with van der Waals surface area (Å²) < 4.78 is -0.589. The zero-order valence-corrected chi connectivity index (χ0v) is 8.97. The van der Waals surface area contributed by atoms with Gasteiger partial charge < -0.3 is 5.11 Å². The van der Waals surface area contributed by atoms with Crippen LogP contribution in [0.3, 0.4) is 0 Å². The van der Waals surface area contributed by atoms with Crippen molar-refractivity contribution in [3.05, 3.63) is 24.3 Å². The van der Waals surface area contributed by atoms with Crippen LogP contribution in [-0.4, -0.2) is 50.6 Å². The fourth-order valence-corrected chi connectivity index (χ4v) is 2.14. The van der Waals surface area contributed by atoms with Crippen LogP contribution in [0.25, 0.3) is 0 Å². The number of thioether (sulfide) groups is 1. The van der Waals surface area contributed by atoms with Crippen LogP contribution in [-0.2, 0) is 4.79 Å². The average Bonchev–Trinajstić information content (AvgIpc) is 2.61. The average molecular weight is 177 g/mol. The molecule has 1 N–H and O–H groups in total. The summed E-state index contributed by atoms with van der Waals surface area (Å²) in [5.74, 6) is -0.719. The van der Waals surface area contributed by atoms with Crippen LogP contribution in [0.4, 0.5) is 0 Å². The van der Waals surface area contributed by atoms with Crippen LogP contribution >= 0.6 is 11.8 Å². The Hall–Kier alpha value is 0.300. The van der Waals surface area contributed by atoms with E-state index in [-0.39, 0.29) is 34.8 Å². The molecule has 0 saturated carbocycles. The van der Waals surface area contributed by atoms with Gasteiger partial charge in [0.25, 0.3) is 0 Å². The second-order valence-corrected chi connectivity index (χ2v) is 3.80. The molecule has 11 heavy (non-hydrogen) atoms. The molecule has 0 aromatic heterocycles. The summed E-state index contributed by atoms with van der Waals surface area (Å²) in [6.07, 6.45) is 7.37. The molecule has 1 fully saturated rings. The quantitative estimate of drug-likeness (QED) is 0.472. The number of fused-ring (bicyclic) bond motifs is 1. The van der Waals surface area contributed by atoms with Gasteiger partial charge in [0.1, 0.15) is 4.75 Å². The maximum Gasteiger partial charge on any atom is 0.325 e. The Morgan fingerprint density at radius 3 is 2.73 bits per heavy atom. The molecule has 1 heterocycles. The summed E-state index contributed by atoms with van der Waals surface area (Å²) >= 11 is 1.48. The van der Waals surface area contributed by atoms with Crippen LogP contribution in [0, 0.1) is 0 Å². The first kappa shape index (κ1) is 9.39. The molecule has 1 aliphatic carbocycles. The van der Waals surface area contributed by atoms with E-state index >= 15 is 0 Å². The van der Waals surface area contributed by atoms with E-state index in [1.54, 1.807) is 12.2 Å². The molecule has 2 aliphatic rings. The molecule has 0 spiro atoms. The molecule has 53 valence electrons. The third-order valence-corrected chi connectivity index (χ3v) is 3.25. The summed E-state index contributed by atoms with van der Waals surface area (Å²) in [6, 6.07) is 0. The van der Waals surface area contributed by atoms with Crippen molar-refractivity contribution in [1.82, 2.24) is 0 Å². The number of aliphatic carboxylic acids is 1. The molecule has 2 rings (SSSR count). The van der Waals surface area contributed by atoms with E-state index < -0.39 is 10.7 Å². The van der Waals surface area contributed by atoms with E-state index in [2.05, 4.69) is 0 Å². The van der Waals surface area contributed by atoms with Gasteiger partial charge in [-0.05, 0) is 0 Å². The number of carboxylic acids is 1. The first-order valence-electron chi connectivity index (χ1n) is 3.03. The van der Waals surface area contributed by atoms with Crippen LogP contribution in [0.1, 0.15) is 0 Å². The van der Waals surface area contributed by atoms with Crippen LogP contribution in [0.5, 0.6) is 0 Å². The third kappa shape index (κ3) is 1.31. The minimum Gasteiger partial charge on any atom is -0.480 e. The number of carbonyl (C=O) groups is 1. The standard InChI is InChI=1S/C7H6O2S.Na/c8-6(9)7-4-2-1-3-5(7)10-7;/h1-5H,(H,8,9);. The fourth-order valence-electron chi connectivity index (χ4n) is 1.10. The molecule has 1 radical (unpaired) electrons. The van der Waals surface area contributed by atoms with E-state index in [1.165, 1.54) is 11.8 Å². The second-order valence-electron chi connectivity index (χ2n) is 2.38. The molecule has 2 nitrogen and oxygen atoms in total. The second kappa shape index (κ2) is 2.98. The fraction of sp³-hybridized carbons (Fsp3) is 0.286. The smallest absolute Gasteiger partial charge is 0.325 e. The van der Waals surface area contributed by atoms with Crippen molar-refractivity contribution in [3.63, 3.8) is 0 Å². The van der Waals surface area contributed by atoms with Crippen molar-refractivity contribution >= 4 is 47.3 Å². The Bertz CT molecular complexity index is 249. The first-order chi connectivity index (χ1) is 4.76. The van der Waals surface area contributed by atoms with Gasteiger partial charge in [0.15, 0.2) is 0 Å². The summed E-state index contributed by atoms with van der Waals surface area (Å²) in [5, 5.41) is 8.92. The third-order valence-electron chi connectivity index (χ3n) is 1.76. The molecule has 2 unspecified atom stereocenters. The van der Waals surface area contributed by atoms with Gasteiger partial charge in [-0.2, -0.15) is 0 Å². The molecular weight excluding hydrogens is 171 g/mol. The Morgan fingerprint density at radius 1 is 1.55 bits per heavy atom. The Morgan fingerprint density at radius 2 is 2.27 bits per heavy atom. The monoisotopic (exact) mass is 177 g/mol. The van der Waals surface area contributed by atoms with Gasteiger partial charge in [-0.15, -0.1) is 11.8 Å². The van der Waals surface area contributed by atoms with Crippen LogP contribution in [0.2, 0.25) is 0 Å². The van der Waals surface area contributed by atoms with E-state index in [1.807, 2.05) is 12.2 Å². The summed E-state index contributed by atoms with van der Waals surface area (Å²) in [6.45, 7) is 0. The maximum atomic E-state index is 10.6. The Labute approximate surface area is 91.0 Å². The topological polar surface area (TPSA) is 37.3 Å². The SMILES string of the molecule is O=C(O)C12C=CC=CC1S2.[Na]. The first-order valence-corrected chi connectivity index (χ1v) is 3.91. The molecule has 0 bridgehead atoms. The van der Waals surface area contributed by atoms with Gasteiger partial charge in [0.05, 0.1) is 5.25 Å². The molecular formula is C7H6NaO2S. The van der Waals surface area contributed by atoms with Crippen molar-refractivity contribution in [2.24, 2.45) is 0 Å². The largest absolute Gasteiger partial charge is 0.480 e. The minimum atomic E-state index is -0.719. The molecule has 0 aromatic carbocycles. The number of hydrogen-bond acceptors (Lipinski definition) is 2. The van der Waals surface area contributed by atoms with Crippen molar-refractivity contribution in [2.75, 3.05) is 0 Å². The number of carboxylic acid groups (broad SMARTS) is 1. The van der Waals surface area contributed by atoms with Crippen LogP contribution < -0.4 is 0 Å². The van der Waals surface area contributed by atoms with E-state index in [4.69, 9.17) is 5.11 Å². The van der Waals surface area contributed by atoms with Crippen LogP contribution in [0.15, 0.2) is 24.3 Å². The Kier molecular flexibility index (Phi) is 2.54. The summed E-state index contributed by atoms with van der Waals surface area (Å²) in [5.41, 5.74) is 0. The van der Waals surface area contributed by atoms with Crippen molar-refractivity contribution in [2.45, 2.75) is 10.00 Å². The van der Waals surface area contributed by atoms with Crippen molar-refractivity contribution in [1.29, 1.82) is 0 Å². The molecule has 4 heteroatoms. The molecule has 2 atom stereocenters. The predicted octanol–water partition coefficient (Wildman–Crippen LogP) is 0.670. The van der Waals surface area contributed by atoms with E-state index in [0.29, 0.717) is 0 Å². The molecule has 1 saturated heterocycles. The Balaban J connectivity index is 0.000000605. The van der Waals surface area contributed by atoms with Gasteiger partial charge in [-0.3, -0.25) is 4.79 Å². The minimum absolute atomic E-state index is 0. The number of hydrogen-bond donors (Lipinski definition) is 1. The predicted molar refractivity (Wildman–Crippen MR) is 45.8 cm³/mol. The summed E-state index contributed by atoms with van der Waals surface area (Å²) in [7, 11) is 0. The zero-order valence-electron chi connectivity index (χ0n) is 6.15. The van der Waals surface area contributed by atoms with Gasteiger partial charge in [0, 0.05) is 29.6 Å². The van der Waals surface area contributed by atoms with Gasteiger partial charge in [0.2, 0.25) is 0 Å². The van der Waals surface area contributed by atoms with Crippen molar-refractivity contribution < 1.29 is 9.90 Å². The zero-order chi connectivity index (χ0) is 7.19. The molecule has 0 amide bonds. The van der Waals surface area contributed by atoms with Gasteiger partial charge in [-0.25, -0.2) is 0 Å². The number of rotatable bonds is 1. The number of allylic oxidation sites excluding steroid dienone is 2. The summed E-state index contributed by atoms with van der Waals surface area (Å²) in [4.78, 5) is 10.6. The maximum absolute atomic E-state index is 10.6. The van der Waals surface area contributed by atoms with E-state index in [9.17, 15) is 4.79 Å².